The van der Waals surface area contributed by atoms with Crippen LogP contribution in [0.15, 0.2) is 30.3 Å². The first-order chi connectivity index (χ1) is 10.3. The van der Waals surface area contributed by atoms with Crippen molar-refractivity contribution in [2.75, 3.05) is 19.6 Å². The SMILES string of the molecule is NC(=O)[C@@H]1CN(C/C=C/c2ccc(F)cc2)C[C@H]1C(F)(F)F. The van der Waals surface area contributed by atoms with Gasteiger partial charge in [0.05, 0.1) is 11.8 Å². The van der Waals surface area contributed by atoms with E-state index in [1.54, 1.807) is 24.3 Å². The van der Waals surface area contributed by atoms with Gasteiger partial charge in [0.1, 0.15) is 5.82 Å². The van der Waals surface area contributed by atoms with E-state index in [0.717, 1.165) is 5.56 Å². The summed E-state index contributed by atoms with van der Waals surface area (Å²) in [5.41, 5.74) is 5.81. The van der Waals surface area contributed by atoms with Crippen LogP contribution in [0.1, 0.15) is 5.56 Å². The summed E-state index contributed by atoms with van der Waals surface area (Å²) < 4.78 is 51.4. The van der Waals surface area contributed by atoms with Gasteiger partial charge in [-0.2, -0.15) is 13.2 Å². The molecule has 0 bridgehead atoms. The number of hydrogen-bond acceptors (Lipinski definition) is 2. The number of hydrogen-bond donors (Lipinski definition) is 1. The summed E-state index contributed by atoms with van der Waals surface area (Å²) in [4.78, 5) is 12.7. The average molecular weight is 316 g/mol. The van der Waals surface area contributed by atoms with E-state index in [1.165, 1.54) is 17.0 Å². The van der Waals surface area contributed by atoms with Crippen molar-refractivity contribution in [2.45, 2.75) is 6.18 Å². The third-order valence-electron chi connectivity index (χ3n) is 3.73. The van der Waals surface area contributed by atoms with Crippen molar-refractivity contribution in [1.82, 2.24) is 4.90 Å². The van der Waals surface area contributed by atoms with E-state index in [2.05, 4.69) is 0 Å². The molecule has 1 aliphatic rings. The van der Waals surface area contributed by atoms with Crippen molar-refractivity contribution in [2.24, 2.45) is 17.6 Å². The Labute approximate surface area is 125 Å². The smallest absolute Gasteiger partial charge is 0.369 e. The summed E-state index contributed by atoms with van der Waals surface area (Å²) >= 11 is 0. The zero-order valence-electron chi connectivity index (χ0n) is 11.7. The van der Waals surface area contributed by atoms with Crippen LogP contribution in [0.3, 0.4) is 0 Å². The van der Waals surface area contributed by atoms with E-state index in [9.17, 15) is 22.4 Å². The number of primary amides is 1. The Bertz CT molecular complexity index is 554. The Morgan fingerprint density at radius 1 is 1.27 bits per heavy atom. The molecule has 2 N–H and O–H groups in total. The monoisotopic (exact) mass is 316 g/mol. The number of amides is 1. The first kappa shape index (κ1) is 16.5. The molecule has 0 radical (unpaired) electrons. The van der Waals surface area contributed by atoms with Gasteiger partial charge in [0.25, 0.3) is 0 Å². The van der Waals surface area contributed by atoms with Crippen LogP contribution in [0, 0.1) is 17.7 Å². The van der Waals surface area contributed by atoms with Gasteiger partial charge in [-0.05, 0) is 17.7 Å². The number of nitrogens with two attached hydrogens (primary N) is 1. The molecule has 1 aromatic carbocycles. The van der Waals surface area contributed by atoms with Crippen molar-refractivity contribution < 1.29 is 22.4 Å². The fourth-order valence-electron chi connectivity index (χ4n) is 2.57. The quantitative estimate of drug-likeness (QED) is 0.867. The van der Waals surface area contributed by atoms with Crippen LogP contribution in [-0.2, 0) is 4.79 Å². The highest BCUT2D eigenvalue weighted by atomic mass is 19.4. The molecule has 0 spiro atoms. The first-order valence-corrected chi connectivity index (χ1v) is 6.78. The number of nitrogens with zero attached hydrogens (tertiary/aromatic N) is 1. The lowest BCUT2D eigenvalue weighted by atomic mass is 9.95. The van der Waals surface area contributed by atoms with E-state index in [4.69, 9.17) is 5.73 Å². The van der Waals surface area contributed by atoms with Crippen molar-refractivity contribution in [3.8, 4) is 0 Å². The predicted molar refractivity (Wildman–Crippen MR) is 74.1 cm³/mol. The molecule has 3 nitrogen and oxygen atoms in total. The van der Waals surface area contributed by atoms with Crippen molar-refractivity contribution in [3.05, 3.63) is 41.7 Å². The summed E-state index contributed by atoms with van der Waals surface area (Å²) in [5, 5.41) is 0. The van der Waals surface area contributed by atoms with E-state index in [0.29, 0.717) is 0 Å². The number of carbonyl (C=O) groups is 1. The molecular formula is C15H16F4N2O. The highest BCUT2D eigenvalue weighted by Gasteiger charge is 2.51. The third-order valence-corrected chi connectivity index (χ3v) is 3.73. The largest absolute Gasteiger partial charge is 0.393 e. The number of carbonyl (C=O) groups excluding carboxylic acids is 1. The summed E-state index contributed by atoms with van der Waals surface area (Å²) in [7, 11) is 0. The minimum atomic E-state index is -4.44. The third kappa shape index (κ3) is 4.07. The van der Waals surface area contributed by atoms with Gasteiger partial charge in [-0.3, -0.25) is 9.69 Å². The lowest BCUT2D eigenvalue weighted by molar-refractivity contribution is -0.182. The second kappa shape index (κ2) is 6.48. The molecule has 1 amide bonds. The topological polar surface area (TPSA) is 46.3 Å². The minimum absolute atomic E-state index is 0.00668. The Balaban J connectivity index is 1.96. The fourth-order valence-corrected chi connectivity index (χ4v) is 2.57. The van der Waals surface area contributed by atoms with Gasteiger partial charge in [-0.25, -0.2) is 4.39 Å². The van der Waals surface area contributed by atoms with Gasteiger partial charge in [-0.1, -0.05) is 24.3 Å². The van der Waals surface area contributed by atoms with Crippen LogP contribution in [0.25, 0.3) is 6.08 Å². The normalized spacial score (nSPS) is 23.3. The predicted octanol–water partition coefficient (Wildman–Crippen LogP) is 2.43. The first-order valence-electron chi connectivity index (χ1n) is 6.78. The molecule has 0 aromatic heterocycles. The fraction of sp³-hybridized carbons (Fsp3) is 0.400. The summed E-state index contributed by atoms with van der Waals surface area (Å²) in [6, 6.07) is 5.75. The maximum Gasteiger partial charge on any atom is 0.393 e. The maximum absolute atomic E-state index is 12.9. The van der Waals surface area contributed by atoms with E-state index in [1.807, 2.05) is 0 Å². The Morgan fingerprint density at radius 2 is 1.91 bits per heavy atom. The summed E-state index contributed by atoms with van der Waals surface area (Å²) in [5.74, 6) is -4.20. The highest BCUT2D eigenvalue weighted by molar-refractivity contribution is 5.77. The molecule has 1 saturated heterocycles. The van der Waals surface area contributed by atoms with E-state index < -0.39 is 23.9 Å². The van der Waals surface area contributed by atoms with Crippen LogP contribution in [0.2, 0.25) is 0 Å². The number of alkyl halides is 3. The Kier molecular flexibility index (Phi) is 4.85. The number of likely N-dealkylation sites (tertiary alicyclic amines) is 1. The second-order valence-electron chi connectivity index (χ2n) is 5.33. The van der Waals surface area contributed by atoms with Crippen molar-refractivity contribution in [1.29, 1.82) is 0 Å². The van der Waals surface area contributed by atoms with Crippen LogP contribution >= 0.6 is 0 Å². The molecule has 120 valence electrons. The molecule has 0 unspecified atom stereocenters. The van der Waals surface area contributed by atoms with Crippen molar-refractivity contribution in [3.63, 3.8) is 0 Å². The molecule has 1 aromatic rings. The number of rotatable bonds is 4. The van der Waals surface area contributed by atoms with Crippen LogP contribution in [0.5, 0.6) is 0 Å². The zero-order chi connectivity index (χ0) is 16.3. The standard InChI is InChI=1S/C15H16F4N2O/c16-11-5-3-10(4-6-11)2-1-7-21-8-12(14(20)22)13(9-21)15(17,18)19/h1-6,12-13H,7-9H2,(H2,20,22)/b2-1+/t12-,13-/m1/s1. The molecular weight excluding hydrogens is 300 g/mol. The molecule has 1 aliphatic heterocycles. The minimum Gasteiger partial charge on any atom is -0.369 e. The van der Waals surface area contributed by atoms with Gasteiger partial charge in [0.2, 0.25) is 5.91 Å². The lowest BCUT2D eigenvalue weighted by Crippen LogP contribution is -2.37. The van der Waals surface area contributed by atoms with Crippen molar-refractivity contribution >= 4 is 12.0 Å². The molecule has 22 heavy (non-hydrogen) atoms. The molecule has 2 rings (SSSR count). The molecule has 1 heterocycles. The van der Waals surface area contributed by atoms with Gasteiger partial charge >= 0.3 is 6.18 Å². The maximum atomic E-state index is 12.9. The molecule has 0 saturated carbocycles. The lowest BCUT2D eigenvalue weighted by Gasteiger charge is -2.18. The molecule has 7 heteroatoms. The summed E-state index contributed by atoms with van der Waals surface area (Å²) in [6.07, 6.45) is -1.06. The average Bonchev–Trinajstić information content (AvgIpc) is 2.85. The Hall–Kier alpha value is -1.89. The van der Waals surface area contributed by atoms with E-state index in [-0.39, 0.29) is 25.5 Å². The molecule has 1 fully saturated rings. The highest BCUT2D eigenvalue weighted by Crippen LogP contribution is 2.37. The summed E-state index contributed by atoms with van der Waals surface area (Å²) in [6.45, 7) is 0.0197. The molecule has 0 aliphatic carbocycles. The van der Waals surface area contributed by atoms with Crippen LogP contribution in [0.4, 0.5) is 17.6 Å². The number of halogens is 4. The van der Waals surface area contributed by atoms with Gasteiger partial charge < -0.3 is 5.73 Å². The van der Waals surface area contributed by atoms with E-state index >= 15 is 0 Å². The number of benzene rings is 1. The Morgan fingerprint density at radius 3 is 2.41 bits per heavy atom. The van der Waals surface area contributed by atoms with Gasteiger partial charge in [-0.15, -0.1) is 0 Å². The van der Waals surface area contributed by atoms with Gasteiger partial charge in [0.15, 0.2) is 0 Å². The second-order valence-corrected chi connectivity index (χ2v) is 5.33. The van der Waals surface area contributed by atoms with Gasteiger partial charge in [0, 0.05) is 19.6 Å². The zero-order valence-corrected chi connectivity index (χ0v) is 11.7. The van der Waals surface area contributed by atoms with Crippen LogP contribution < -0.4 is 5.73 Å². The van der Waals surface area contributed by atoms with Crippen LogP contribution in [-0.4, -0.2) is 36.6 Å². The molecule has 2 atom stereocenters.